The molecule has 0 fully saturated rings. The molecule has 27 heavy (non-hydrogen) atoms. The van der Waals surface area contributed by atoms with Crippen LogP contribution in [-0.2, 0) is 0 Å². The molecule has 0 saturated carbocycles. The Kier molecular flexibility index (Phi) is 4.97. The molecule has 0 atom stereocenters. The summed E-state index contributed by atoms with van der Waals surface area (Å²) in [6, 6.07) is 24.0. The van der Waals surface area contributed by atoms with Gasteiger partial charge in [-0.15, -0.1) is 0 Å². The van der Waals surface area contributed by atoms with Gasteiger partial charge in [-0.25, -0.2) is 9.97 Å². The zero-order valence-corrected chi connectivity index (χ0v) is 14.7. The van der Waals surface area contributed by atoms with Crippen molar-refractivity contribution in [3.63, 3.8) is 0 Å². The zero-order valence-electron chi connectivity index (χ0n) is 14.7. The first kappa shape index (κ1) is 16.7. The molecule has 0 spiro atoms. The maximum Gasteiger partial charge on any atom is 0.138 e. The molecule has 0 amide bonds. The smallest absolute Gasteiger partial charge is 0.138 e. The van der Waals surface area contributed by atoms with Crippen LogP contribution in [0.3, 0.4) is 0 Å². The third kappa shape index (κ3) is 4.07. The highest BCUT2D eigenvalue weighted by molar-refractivity contribution is 5.74. The van der Waals surface area contributed by atoms with Gasteiger partial charge in [0.05, 0.1) is 0 Å². The van der Waals surface area contributed by atoms with Gasteiger partial charge in [-0.3, -0.25) is 9.88 Å². The summed E-state index contributed by atoms with van der Waals surface area (Å²) < 4.78 is 0. The summed E-state index contributed by atoms with van der Waals surface area (Å²) in [5.74, 6) is 1.66. The summed E-state index contributed by atoms with van der Waals surface area (Å²) >= 11 is 0. The molecule has 3 aromatic heterocycles. The predicted molar refractivity (Wildman–Crippen MR) is 110 cm³/mol. The van der Waals surface area contributed by atoms with Crippen LogP contribution in [0.5, 0.6) is 0 Å². The number of pyridine rings is 3. The lowest BCUT2D eigenvalue weighted by molar-refractivity contribution is 1.12. The van der Waals surface area contributed by atoms with E-state index < -0.39 is 0 Å². The average molecular weight is 350 g/mol. The first-order chi connectivity index (χ1) is 13.4. The van der Waals surface area contributed by atoms with Gasteiger partial charge in [0.1, 0.15) is 11.6 Å². The maximum absolute atomic E-state index is 4.50. The normalized spacial score (nSPS) is 10.8. The minimum atomic E-state index is 0.830. The fourth-order valence-corrected chi connectivity index (χ4v) is 2.76. The number of aromatic nitrogens is 3. The molecule has 0 aliphatic heterocycles. The van der Waals surface area contributed by atoms with Gasteiger partial charge in [-0.2, -0.15) is 0 Å². The molecule has 1 aromatic carbocycles. The van der Waals surface area contributed by atoms with E-state index in [1.165, 1.54) is 0 Å². The highest BCUT2D eigenvalue weighted by Crippen LogP contribution is 2.31. The molecule has 0 bridgehead atoms. The number of hydrogen-bond donors (Lipinski definition) is 0. The van der Waals surface area contributed by atoms with Crippen LogP contribution in [0, 0.1) is 0 Å². The second kappa shape index (κ2) is 8.06. The highest BCUT2D eigenvalue weighted by atomic mass is 15.2. The summed E-state index contributed by atoms with van der Waals surface area (Å²) in [5, 5.41) is 0. The van der Waals surface area contributed by atoms with Gasteiger partial charge < -0.3 is 0 Å². The van der Waals surface area contributed by atoms with E-state index in [4.69, 9.17) is 0 Å². The second-order valence-corrected chi connectivity index (χ2v) is 5.92. The van der Waals surface area contributed by atoms with Crippen molar-refractivity contribution in [1.82, 2.24) is 15.0 Å². The first-order valence-electron chi connectivity index (χ1n) is 8.70. The molecule has 130 valence electrons. The molecular weight excluding hydrogens is 332 g/mol. The fraction of sp³-hybridized carbons (Fsp3) is 0. The summed E-state index contributed by atoms with van der Waals surface area (Å²) in [4.78, 5) is 15.1. The summed E-state index contributed by atoms with van der Waals surface area (Å²) in [6.45, 7) is 0. The van der Waals surface area contributed by atoms with E-state index in [1.54, 1.807) is 24.8 Å². The van der Waals surface area contributed by atoms with Crippen LogP contribution in [0.2, 0.25) is 0 Å². The van der Waals surface area contributed by atoms with Crippen LogP contribution in [0.15, 0.2) is 97.6 Å². The summed E-state index contributed by atoms with van der Waals surface area (Å²) in [5.41, 5.74) is 3.25. The summed E-state index contributed by atoms with van der Waals surface area (Å²) in [7, 11) is 0. The van der Waals surface area contributed by atoms with Crippen LogP contribution in [-0.4, -0.2) is 15.0 Å². The highest BCUT2D eigenvalue weighted by Gasteiger charge is 2.13. The van der Waals surface area contributed by atoms with Gasteiger partial charge in [0.2, 0.25) is 0 Å². The van der Waals surface area contributed by atoms with E-state index in [9.17, 15) is 0 Å². The second-order valence-electron chi connectivity index (χ2n) is 5.92. The minimum absolute atomic E-state index is 0.830. The first-order valence-corrected chi connectivity index (χ1v) is 8.70. The monoisotopic (exact) mass is 350 g/mol. The number of rotatable bonds is 5. The van der Waals surface area contributed by atoms with E-state index in [0.717, 1.165) is 28.5 Å². The van der Waals surface area contributed by atoms with Gasteiger partial charge in [0.15, 0.2) is 0 Å². The van der Waals surface area contributed by atoms with Crippen molar-refractivity contribution >= 4 is 29.5 Å². The standard InChI is InChI=1S/C23H18N4/c1-3-15-25-22(5-1)27(23-6-2-4-16-26-23)21-11-9-19(10-12-21)7-8-20-13-17-24-18-14-20/h1-18H/b8-7+. The molecule has 0 saturated heterocycles. The minimum Gasteiger partial charge on any atom is -0.279 e. The van der Waals surface area contributed by atoms with Crippen LogP contribution >= 0.6 is 0 Å². The summed E-state index contributed by atoms with van der Waals surface area (Å²) in [6.07, 6.45) is 11.3. The van der Waals surface area contributed by atoms with Crippen molar-refractivity contribution in [2.75, 3.05) is 4.90 Å². The Morgan fingerprint density at radius 3 is 1.63 bits per heavy atom. The lowest BCUT2D eigenvalue weighted by Gasteiger charge is -2.22. The van der Waals surface area contributed by atoms with E-state index in [1.807, 2.05) is 53.4 Å². The largest absolute Gasteiger partial charge is 0.279 e. The predicted octanol–water partition coefficient (Wildman–Crippen LogP) is 5.51. The van der Waals surface area contributed by atoms with Crippen molar-refractivity contribution in [3.8, 4) is 0 Å². The van der Waals surface area contributed by atoms with Crippen LogP contribution in [0.1, 0.15) is 11.1 Å². The number of hydrogen-bond acceptors (Lipinski definition) is 4. The Labute approximate surface area is 158 Å². The van der Waals surface area contributed by atoms with E-state index in [2.05, 4.69) is 51.4 Å². The Balaban J connectivity index is 1.64. The van der Waals surface area contributed by atoms with Gasteiger partial charge in [0, 0.05) is 30.5 Å². The van der Waals surface area contributed by atoms with Crippen molar-refractivity contribution in [3.05, 3.63) is 109 Å². The van der Waals surface area contributed by atoms with E-state index in [0.29, 0.717) is 0 Å². The third-order valence-corrected chi connectivity index (χ3v) is 4.08. The number of anilines is 3. The Morgan fingerprint density at radius 2 is 1.11 bits per heavy atom. The zero-order chi connectivity index (χ0) is 18.3. The van der Waals surface area contributed by atoms with Gasteiger partial charge in [-0.1, -0.05) is 36.4 Å². The fourth-order valence-electron chi connectivity index (χ4n) is 2.76. The average Bonchev–Trinajstić information content (AvgIpc) is 2.76. The molecule has 0 aliphatic rings. The molecule has 4 nitrogen and oxygen atoms in total. The lowest BCUT2D eigenvalue weighted by Crippen LogP contribution is -2.12. The molecule has 0 radical (unpaired) electrons. The molecule has 0 aliphatic carbocycles. The molecule has 0 N–H and O–H groups in total. The molecule has 4 aromatic rings. The Hall–Kier alpha value is -3.79. The van der Waals surface area contributed by atoms with Crippen molar-refractivity contribution < 1.29 is 0 Å². The van der Waals surface area contributed by atoms with Crippen molar-refractivity contribution in [1.29, 1.82) is 0 Å². The number of benzene rings is 1. The third-order valence-electron chi connectivity index (χ3n) is 4.08. The van der Waals surface area contributed by atoms with Gasteiger partial charge in [-0.05, 0) is 59.7 Å². The Bertz CT molecular complexity index is 959. The van der Waals surface area contributed by atoms with E-state index in [-0.39, 0.29) is 0 Å². The molecule has 4 rings (SSSR count). The van der Waals surface area contributed by atoms with E-state index >= 15 is 0 Å². The maximum atomic E-state index is 4.50. The number of nitrogens with zero attached hydrogens (tertiary/aromatic N) is 4. The molecule has 0 unspecified atom stereocenters. The van der Waals surface area contributed by atoms with Crippen LogP contribution in [0.4, 0.5) is 17.3 Å². The molecular formula is C23H18N4. The van der Waals surface area contributed by atoms with Crippen LogP contribution in [0.25, 0.3) is 12.2 Å². The van der Waals surface area contributed by atoms with Crippen molar-refractivity contribution in [2.24, 2.45) is 0 Å². The topological polar surface area (TPSA) is 41.9 Å². The quantitative estimate of drug-likeness (QED) is 0.476. The van der Waals surface area contributed by atoms with Crippen molar-refractivity contribution in [2.45, 2.75) is 0 Å². The molecule has 3 heterocycles. The van der Waals surface area contributed by atoms with Crippen LogP contribution < -0.4 is 4.90 Å². The van der Waals surface area contributed by atoms with Gasteiger partial charge >= 0.3 is 0 Å². The molecule has 4 heteroatoms. The lowest BCUT2D eigenvalue weighted by atomic mass is 10.1. The SMILES string of the molecule is C(=C\c1ccc(N(c2ccccn2)c2ccccn2)cc1)/c1ccncc1. The Morgan fingerprint density at radius 1 is 0.556 bits per heavy atom. The van der Waals surface area contributed by atoms with Gasteiger partial charge in [0.25, 0.3) is 0 Å².